The predicted octanol–water partition coefficient (Wildman–Crippen LogP) is 3.36. The Morgan fingerprint density at radius 1 is 1.14 bits per heavy atom. The Bertz CT molecular complexity index is 1210. The molecule has 0 radical (unpaired) electrons. The van der Waals surface area contributed by atoms with Gasteiger partial charge in [0.1, 0.15) is 10.6 Å². The number of nitrogen functional groups attached to an aromatic ring is 1. The second kappa shape index (κ2) is 13.5. The van der Waals surface area contributed by atoms with Gasteiger partial charge in [-0.15, -0.1) is 10.2 Å². The van der Waals surface area contributed by atoms with E-state index in [1.807, 2.05) is 6.92 Å². The summed E-state index contributed by atoms with van der Waals surface area (Å²) in [6, 6.07) is 5.85. The fraction of sp³-hybridized carbons (Fsp3) is 0.542. The minimum absolute atomic E-state index is 0.0265. The molecule has 0 aliphatic carbocycles. The average Bonchev–Trinajstić information content (AvgIpc) is 2.82. The van der Waals surface area contributed by atoms with E-state index in [2.05, 4.69) is 28.8 Å². The first kappa shape index (κ1) is 29.4. The van der Waals surface area contributed by atoms with Crippen molar-refractivity contribution in [2.24, 2.45) is 16.1 Å². The highest BCUT2D eigenvalue weighted by Crippen LogP contribution is 2.31. The number of pyridine rings is 1. The molecule has 0 fully saturated rings. The molecule has 0 bridgehead atoms. The van der Waals surface area contributed by atoms with Crippen molar-refractivity contribution in [3.8, 4) is 5.88 Å². The summed E-state index contributed by atoms with van der Waals surface area (Å²) in [6.45, 7) is 7.51. The van der Waals surface area contributed by atoms with Crippen LogP contribution in [0.2, 0.25) is 0 Å². The van der Waals surface area contributed by atoms with Crippen molar-refractivity contribution in [2.75, 3.05) is 25.6 Å². The molecule has 0 amide bonds. The van der Waals surface area contributed by atoms with E-state index in [1.54, 1.807) is 12.1 Å². The van der Waals surface area contributed by atoms with Gasteiger partial charge in [0.25, 0.3) is 5.56 Å². The van der Waals surface area contributed by atoms with Gasteiger partial charge in [-0.25, -0.2) is 13.1 Å². The van der Waals surface area contributed by atoms with Crippen LogP contribution in [0.5, 0.6) is 5.88 Å². The zero-order chi connectivity index (χ0) is 26.9. The van der Waals surface area contributed by atoms with Crippen LogP contribution in [0.4, 0.5) is 17.1 Å². The van der Waals surface area contributed by atoms with Gasteiger partial charge >= 0.3 is 0 Å². The summed E-state index contributed by atoms with van der Waals surface area (Å²) < 4.78 is 35.0. The number of aliphatic hydroxyl groups excluding tert-OH is 1. The van der Waals surface area contributed by atoms with E-state index < -0.39 is 21.5 Å². The number of sulfonamides is 1. The number of nitrogens with two attached hydrogens (primary N) is 1. The molecule has 1 heterocycles. The van der Waals surface area contributed by atoms with Gasteiger partial charge in [0.15, 0.2) is 5.69 Å². The predicted molar refractivity (Wildman–Crippen MR) is 139 cm³/mol. The molecule has 0 saturated carbocycles. The van der Waals surface area contributed by atoms with Crippen LogP contribution in [-0.4, -0.2) is 49.1 Å². The van der Waals surface area contributed by atoms with Crippen molar-refractivity contribution >= 4 is 27.1 Å². The number of aromatic nitrogens is 1. The summed E-state index contributed by atoms with van der Waals surface area (Å²) in [4.78, 5) is 12.9. The molecule has 1 aromatic carbocycles. The molecule has 11 nitrogen and oxygen atoms in total. The molecule has 0 saturated heterocycles. The van der Waals surface area contributed by atoms with Gasteiger partial charge in [-0.05, 0) is 38.3 Å². The average molecular weight is 524 g/mol. The first-order valence-corrected chi connectivity index (χ1v) is 13.4. The van der Waals surface area contributed by atoms with Crippen molar-refractivity contribution < 1.29 is 23.4 Å². The molecule has 2 aromatic rings. The molecule has 2 rings (SSSR count). The van der Waals surface area contributed by atoms with E-state index >= 15 is 0 Å². The fourth-order valence-electron chi connectivity index (χ4n) is 3.56. The molecule has 200 valence electrons. The lowest BCUT2D eigenvalue weighted by Crippen LogP contribution is -2.32. The zero-order valence-corrected chi connectivity index (χ0v) is 22.1. The summed E-state index contributed by atoms with van der Waals surface area (Å²) in [6.07, 6.45) is 2.62. The summed E-state index contributed by atoms with van der Waals surface area (Å²) in [5, 5.41) is 27.3. The monoisotopic (exact) mass is 523 g/mol. The van der Waals surface area contributed by atoms with Crippen LogP contribution in [0.25, 0.3) is 0 Å². The largest absolute Gasteiger partial charge is 0.493 e. The maximum absolute atomic E-state index is 13.1. The van der Waals surface area contributed by atoms with Gasteiger partial charge in [0.05, 0.1) is 32.1 Å². The van der Waals surface area contributed by atoms with Crippen LogP contribution in [0, 0.1) is 12.8 Å². The molecule has 36 heavy (non-hydrogen) atoms. The molecule has 12 heteroatoms. The quantitative estimate of drug-likeness (QED) is 0.217. The third kappa shape index (κ3) is 7.85. The van der Waals surface area contributed by atoms with Crippen LogP contribution in [0.1, 0.15) is 45.6 Å². The number of benzene rings is 1. The standard InChI is InChI=1S/C24H37N5O6S/c1-16(2)8-7-9-17(3)28-36(33,34)20-11-6-5-10-19(20)26-27-22-18(4)21(25)23(31)29(24(22)32)12-14-35-15-13-30/h5-6,10-11,16-17,28,30-31H,7-9,12-15,25H2,1-4H3. The molecular weight excluding hydrogens is 486 g/mol. The van der Waals surface area contributed by atoms with E-state index in [0.717, 1.165) is 17.4 Å². The molecule has 0 spiro atoms. The highest BCUT2D eigenvalue weighted by molar-refractivity contribution is 7.89. The molecule has 5 N–H and O–H groups in total. The number of rotatable bonds is 14. The van der Waals surface area contributed by atoms with Crippen LogP contribution in [0.3, 0.4) is 0 Å². The fourth-order valence-corrected chi connectivity index (χ4v) is 4.98. The first-order valence-electron chi connectivity index (χ1n) is 11.9. The summed E-state index contributed by atoms with van der Waals surface area (Å²) >= 11 is 0. The second-order valence-electron chi connectivity index (χ2n) is 9.02. The van der Waals surface area contributed by atoms with Crippen molar-refractivity contribution in [3.63, 3.8) is 0 Å². The van der Waals surface area contributed by atoms with Crippen LogP contribution in [-0.2, 0) is 21.3 Å². The maximum Gasteiger partial charge on any atom is 0.281 e. The Morgan fingerprint density at radius 2 is 1.83 bits per heavy atom. The van der Waals surface area contributed by atoms with Crippen LogP contribution < -0.4 is 16.0 Å². The lowest BCUT2D eigenvalue weighted by atomic mass is 10.0. The van der Waals surface area contributed by atoms with E-state index in [1.165, 1.54) is 19.1 Å². The van der Waals surface area contributed by atoms with E-state index in [0.29, 0.717) is 12.3 Å². The normalized spacial score (nSPS) is 13.1. The second-order valence-corrected chi connectivity index (χ2v) is 10.7. The molecule has 1 unspecified atom stereocenters. The Kier molecular flexibility index (Phi) is 11.0. The topological polar surface area (TPSA) is 169 Å². The van der Waals surface area contributed by atoms with E-state index in [9.17, 15) is 18.3 Å². The molecular formula is C24H37N5O6S. The van der Waals surface area contributed by atoms with Crippen molar-refractivity contribution in [1.29, 1.82) is 0 Å². The van der Waals surface area contributed by atoms with Crippen molar-refractivity contribution in [3.05, 3.63) is 40.2 Å². The van der Waals surface area contributed by atoms with Gasteiger partial charge in [-0.1, -0.05) is 38.8 Å². The number of nitrogens with one attached hydrogen (secondary N) is 1. The van der Waals surface area contributed by atoms with Gasteiger partial charge in [-0.3, -0.25) is 9.36 Å². The number of hydrogen-bond donors (Lipinski definition) is 4. The molecule has 1 aromatic heterocycles. The number of hydrogen-bond acceptors (Lipinski definition) is 9. The lowest BCUT2D eigenvalue weighted by molar-refractivity contribution is 0.0854. The Hall–Kier alpha value is -2.80. The SMILES string of the molecule is Cc1c(N)c(O)n(CCOCCO)c(=O)c1N=Nc1ccccc1S(=O)(=O)NC(C)CCCC(C)C. The van der Waals surface area contributed by atoms with Gasteiger partial charge in [0.2, 0.25) is 15.9 Å². The number of aliphatic hydroxyl groups is 1. The molecule has 1 atom stereocenters. The smallest absolute Gasteiger partial charge is 0.281 e. The highest BCUT2D eigenvalue weighted by atomic mass is 32.2. The third-order valence-electron chi connectivity index (χ3n) is 5.59. The highest BCUT2D eigenvalue weighted by Gasteiger charge is 2.22. The van der Waals surface area contributed by atoms with Gasteiger partial charge in [-0.2, -0.15) is 0 Å². The molecule has 0 aliphatic rings. The minimum atomic E-state index is -3.89. The van der Waals surface area contributed by atoms with Gasteiger partial charge < -0.3 is 20.7 Å². The lowest BCUT2D eigenvalue weighted by Gasteiger charge is -2.16. The van der Waals surface area contributed by atoms with E-state index in [-0.39, 0.29) is 59.9 Å². The molecule has 0 aliphatic heterocycles. The summed E-state index contributed by atoms with van der Waals surface area (Å²) in [7, 11) is -3.89. The third-order valence-corrected chi connectivity index (χ3v) is 7.22. The summed E-state index contributed by atoms with van der Waals surface area (Å²) in [5.74, 6) is 0.118. The van der Waals surface area contributed by atoms with Crippen molar-refractivity contribution in [1.82, 2.24) is 9.29 Å². The van der Waals surface area contributed by atoms with Crippen LogP contribution in [0.15, 0.2) is 44.2 Å². The number of ether oxygens (including phenoxy) is 1. The zero-order valence-electron chi connectivity index (χ0n) is 21.3. The van der Waals surface area contributed by atoms with Crippen LogP contribution >= 0.6 is 0 Å². The Balaban J connectivity index is 2.34. The first-order chi connectivity index (χ1) is 17.0. The summed E-state index contributed by atoms with van der Waals surface area (Å²) in [5.41, 5.74) is 5.40. The van der Waals surface area contributed by atoms with Crippen molar-refractivity contribution in [2.45, 2.75) is 64.4 Å². The number of nitrogens with zero attached hydrogens (tertiary/aromatic N) is 3. The Labute approximate surface area is 212 Å². The number of aromatic hydroxyl groups is 1. The maximum atomic E-state index is 13.1. The number of azo groups is 1. The minimum Gasteiger partial charge on any atom is -0.493 e. The Morgan fingerprint density at radius 3 is 2.50 bits per heavy atom. The van der Waals surface area contributed by atoms with Gasteiger partial charge in [0, 0.05) is 11.6 Å². The number of anilines is 1. The van der Waals surface area contributed by atoms with E-state index in [4.69, 9.17) is 15.6 Å².